The summed E-state index contributed by atoms with van der Waals surface area (Å²) in [5.74, 6) is 0.789. The Hall–Kier alpha value is -2.10. The average Bonchev–Trinajstić information content (AvgIpc) is 2.50. The van der Waals surface area contributed by atoms with Gasteiger partial charge >= 0.3 is 0 Å². The molecule has 1 aromatic rings. The minimum Gasteiger partial charge on any atom is -0.508 e. The number of phenols is 1. The van der Waals surface area contributed by atoms with Gasteiger partial charge < -0.3 is 5.11 Å². The lowest BCUT2D eigenvalue weighted by atomic mass is 10.2. The van der Waals surface area contributed by atoms with E-state index >= 15 is 0 Å². The number of carbonyl (C=O) groups excluding carboxylic acids is 1. The molecular formula is C12H12N2O2. The average molecular weight is 216 g/mol. The number of aromatic hydroxyl groups is 1. The van der Waals surface area contributed by atoms with E-state index in [4.69, 9.17) is 5.11 Å². The zero-order valence-electron chi connectivity index (χ0n) is 9.14. The van der Waals surface area contributed by atoms with E-state index in [2.05, 4.69) is 4.99 Å². The molecule has 4 heteroatoms. The van der Waals surface area contributed by atoms with Crippen molar-refractivity contribution < 1.29 is 9.90 Å². The molecule has 1 N–H and O–H groups in total. The van der Waals surface area contributed by atoms with E-state index < -0.39 is 0 Å². The molecule has 0 bridgehead atoms. The highest BCUT2D eigenvalue weighted by Crippen LogP contribution is 2.18. The smallest absolute Gasteiger partial charge is 0.277 e. The molecule has 16 heavy (non-hydrogen) atoms. The monoisotopic (exact) mass is 216 g/mol. The Morgan fingerprint density at radius 3 is 2.44 bits per heavy atom. The number of phenolic OH excluding ortho intramolecular Hbond substituents is 1. The second-order valence-corrected chi connectivity index (χ2v) is 3.64. The Morgan fingerprint density at radius 1 is 1.31 bits per heavy atom. The van der Waals surface area contributed by atoms with Crippen molar-refractivity contribution in [2.45, 2.75) is 6.92 Å². The van der Waals surface area contributed by atoms with E-state index in [-0.39, 0.29) is 11.7 Å². The third kappa shape index (κ3) is 1.82. The Balaban J connectivity index is 2.32. The van der Waals surface area contributed by atoms with Gasteiger partial charge in [0, 0.05) is 7.05 Å². The standard InChI is InChI=1S/C12H12N2O2/c1-8-13-11(12(16)14(8)2)7-9-3-5-10(15)6-4-9/h3-7,15H,1-2H3. The first-order chi connectivity index (χ1) is 7.58. The van der Waals surface area contributed by atoms with E-state index in [0.717, 1.165) is 5.56 Å². The maximum Gasteiger partial charge on any atom is 0.277 e. The predicted octanol–water partition coefficient (Wildman–Crippen LogP) is 1.62. The van der Waals surface area contributed by atoms with Crippen LogP contribution >= 0.6 is 0 Å². The molecule has 1 aromatic carbocycles. The highest BCUT2D eigenvalue weighted by molar-refractivity contribution is 6.13. The molecule has 4 nitrogen and oxygen atoms in total. The lowest BCUT2D eigenvalue weighted by Crippen LogP contribution is -2.25. The van der Waals surface area contributed by atoms with Crippen LogP contribution in [0.25, 0.3) is 6.08 Å². The number of aliphatic imine (C=N–C) groups is 1. The van der Waals surface area contributed by atoms with Gasteiger partial charge in [0.1, 0.15) is 17.3 Å². The summed E-state index contributed by atoms with van der Waals surface area (Å²) in [4.78, 5) is 17.3. The largest absolute Gasteiger partial charge is 0.508 e. The summed E-state index contributed by atoms with van der Waals surface area (Å²) in [7, 11) is 1.69. The highest BCUT2D eigenvalue weighted by atomic mass is 16.3. The van der Waals surface area contributed by atoms with Crippen molar-refractivity contribution in [3.63, 3.8) is 0 Å². The Kier molecular flexibility index (Phi) is 2.48. The fourth-order valence-electron chi connectivity index (χ4n) is 1.44. The summed E-state index contributed by atoms with van der Waals surface area (Å²) < 4.78 is 0. The molecular weight excluding hydrogens is 204 g/mol. The second kappa shape index (κ2) is 3.81. The summed E-state index contributed by atoms with van der Waals surface area (Å²) in [5, 5.41) is 9.13. The van der Waals surface area contributed by atoms with Crippen molar-refractivity contribution in [2.75, 3.05) is 7.05 Å². The molecule has 0 spiro atoms. The Morgan fingerprint density at radius 2 is 1.94 bits per heavy atom. The molecule has 0 atom stereocenters. The SMILES string of the molecule is CC1=NC(=Cc2ccc(O)cc2)C(=O)N1C. The lowest BCUT2D eigenvalue weighted by molar-refractivity contribution is -0.121. The molecule has 2 rings (SSSR count). The molecule has 0 aromatic heterocycles. The molecule has 1 heterocycles. The van der Waals surface area contributed by atoms with Gasteiger partial charge in [0.15, 0.2) is 0 Å². The number of amides is 1. The van der Waals surface area contributed by atoms with Crippen molar-refractivity contribution in [1.29, 1.82) is 0 Å². The number of hydrogen-bond acceptors (Lipinski definition) is 3. The third-order valence-electron chi connectivity index (χ3n) is 2.49. The quantitative estimate of drug-likeness (QED) is 0.725. The lowest BCUT2D eigenvalue weighted by Gasteiger charge is -2.05. The third-order valence-corrected chi connectivity index (χ3v) is 2.49. The first kappa shape index (κ1) is 10.4. The number of hydrogen-bond donors (Lipinski definition) is 1. The van der Waals surface area contributed by atoms with Crippen molar-refractivity contribution in [1.82, 2.24) is 4.90 Å². The fourth-order valence-corrected chi connectivity index (χ4v) is 1.44. The summed E-state index contributed by atoms with van der Waals surface area (Å²) >= 11 is 0. The summed E-state index contributed by atoms with van der Waals surface area (Å²) in [6.07, 6.45) is 1.70. The van der Waals surface area contributed by atoms with E-state index in [1.807, 2.05) is 0 Å². The number of benzene rings is 1. The van der Waals surface area contributed by atoms with Crippen LogP contribution in [0.5, 0.6) is 5.75 Å². The van der Waals surface area contributed by atoms with Crippen LogP contribution in [0.1, 0.15) is 12.5 Å². The molecule has 1 amide bonds. The molecule has 0 radical (unpaired) electrons. The van der Waals surface area contributed by atoms with Crippen LogP contribution in [0.2, 0.25) is 0 Å². The maximum atomic E-state index is 11.7. The van der Waals surface area contributed by atoms with Gasteiger partial charge in [-0.1, -0.05) is 12.1 Å². The first-order valence-corrected chi connectivity index (χ1v) is 4.92. The zero-order valence-corrected chi connectivity index (χ0v) is 9.14. The molecule has 0 unspecified atom stereocenters. The summed E-state index contributed by atoms with van der Waals surface area (Å²) in [6, 6.07) is 6.62. The van der Waals surface area contributed by atoms with Crippen LogP contribution in [0.4, 0.5) is 0 Å². The topological polar surface area (TPSA) is 52.9 Å². The maximum absolute atomic E-state index is 11.7. The minimum absolute atomic E-state index is 0.106. The second-order valence-electron chi connectivity index (χ2n) is 3.64. The number of amidine groups is 1. The van der Waals surface area contributed by atoms with Crippen molar-refractivity contribution in [3.05, 3.63) is 35.5 Å². The van der Waals surface area contributed by atoms with Crippen LogP contribution in [0.3, 0.4) is 0 Å². The number of likely N-dealkylation sites (N-methyl/N-ethyl adjacent to an activating group) is 1. The summed E-state index contributed by atoms with van der Waals surface area (Å²) in [5.41, 5.74) is 1.26. The number of nitrogens with zero attached hydrogens (tertiary/aromatic N) is 2. The highest BCUT2D eigenvalue weighted by Gasteiger charge is 2.23. The zero-order chi connectivity index (χ0) is 11.7. The Labute approximate surface area is 93.5 Å². The van der Waals surface area contributed by atoms with Gasteiger partial charge in [-0.2, -0.15) is 0 Å². The van der Waals surface area contributed by atoms with E-state index in [1.165, 1.54) is 4.90 Å². The summed E-state index contributed by atoms with van der Waals surface area (Å²) in [6.45, 7) is 1.79. The van der Waals surface area contributed by atoms with Crippen molar-refractivity contribution in [3.8, 4) is 5.75 Å². The van der Waals surface area contributed by atoms with E-state index in [9.17, 15) is 4.79 Å². The minimum atomic E-state index is -0.106. The van der Waals surface area contributed by atoms with Crippen molar-refractivity contribution in [2.24, 2.45) is 4.99 Å². The molecule has 0 saturated carbocycles. The van der Waals surface area contributed by atoms with Gasteiger partial charge in [-0.15, -0.1) is 0 Å². The van der Waals surface area contributed by atoms with Gasteiger partial charge in [0.2, 0.25) is 0 Å². The molecule has 82 valence electrons. The van der Waals surface area contributed by atoms with Gasteiger partial charge in [0.25, 0.3) is 5.91 Å². The van der Waals surface area contributed by atoms with Crippen LogP contribution in [-0.2, 0) is 4.79 Å². The van der Waals surface area contributed by atoms with Gasteiger partial charge in [-0.25, -0.2) is 4.99 Å². The van der Waals surface area contributed by atoms with Gasteiger partial charge in [-0.3, -0.25) is 9.69 Å². The fraction of sp³-hybridized carbons (Fsp3) is 0.167. The normalized spacial score (nSPS) is 18.1. The van der Waals surface area contributed by atoms with Crippen LogP contribution in [0.15, 0.2) is 35.0 Å². The molecule has 0 fully saturated rings. The van der Waals surface area contributed by atoms with Crippen molar-refractivity contribution >= 4 is 17.8 Å². The van der Waals surface area contributed by atoms with Crippen LogP contribution in [0, 0.1) is 0 Å². The number of carbonyl (C=O) groups is 1. The number of rotatable bonds is 1. The van der Waals surface area contributed by atoms with Crippen LogP contribution < -0.4 is 0 Å². The van der Waals surface area contributed by atoms with E-state index in [0.29, 0.717) is 11.5 Å². The molecule has 0 saturated heterocycles. The van der Waals surface area contributed by atoms with Crippen LogP contribution in [-0.4, -0.2) is 28.8 Å². The molecule has 1 aliphatic heterocycles. The van der Waals surface area contributed by atoms with E-state index in [1.54, 1.807) is 44.3 Å². The van der Waals surface area contributed by atoms with Gasteiger partial charge in [0.05, 0.1) is 0 Å². The molecule has 0 aliphatic carbocycles. The van der Waals surface area contributed by atoms with Gasteiger partial charge in [-0.05, 0) is 30.7 Å². The Bertz CT molecular complexity index is 486. The molecule has 1 aliphatic rings. The predicted molar refractivity (Wildman–Crippen MR) is 62.0 cm³/mol. The first-order valence-electron chi connectivity index (χ1n) is 4.92.